The second-order valence-electron chi connectivity index (χ2n) is 6.13. The van der Waals surface area contributed by atoms with Gasteiger partial charge in [0.15, 0.2) is 5.69 Å². The predicted octanol–water partition coefficient (Wildman–Crippen LogP) is 2.72. The minimum Gasteiger partial charge on any atom is -0.494 e. The molecule has 1 heterocycles. The van der Waals surface area contributed by atoms with E-state index in [1.807, 2.05) is 0 Å². The van der Waals surface area contributed by atoms with Gasteiger partial charge in [0.25, 0.3) is 5.91 Å². The third-order valence-corrected chi connectivity index (χ3v) is 3.41. The molecule has 0 unspecified atom stereocenters. The van der Waals surface area contributed by atoms with E-state index in [0.29, 0.717) is 35.2 Å². The number of aromatic nitrogens is 1. The lowest BCUT2D eigenvalue weighted by Crippen LogP contribution is -2.18. The average Bonchev–Trinajstić information content (AvgIpc) is 3.04. The Kier molecular flexibility index (Phi) is 6.74. The number of nitrogens with zero attached hydrogens (tertiary/aromatic N) is 1. The topological polar surface area (TPSA) is 103 Å². The van der Waals surface area contributed by atoms with Crippen LogP contribution < -0.4 is 15.4 Å². The summed E-state index contributed by atoms with van der Waals surface area (Å²) in [7, 11) is 2.91. The van der Waals surface area contributed by atoms with Gasteiger partial charge in [0, 0.05) is 31.4 Å². The number of anilines is 2. The first kappa shape index (κ1) is 19.5. The molecule has 8 nitrogen and oxygen atoms in total. The molecule has 2 rings (SSSR count). The minimum absolute atomic E-state index is 0.0630. The first-order chi connectivity index (χ1) is 12.4. The molecule has 0 bridgehead atoms. The molecule has 0 saturated carbocycles. The molecule has 0 fully saturated rings. The van der Waals surface area contributed by atoms with E-state index in [0.717, 1.165) is 0 Å². The summed E-state index contributed by atoms with van der Waals surface area (Å²) in [4.78, 5) is 23.9. The van der Waals surface area contributed by atoms with Crippen LogP contribution in [-0.4, -0.2) is 37.8 Å². The number of amides is 2. The lowest BCUT2D eigenvalue weighted by Gasteiger charge is -2.12. The van der Waals surface area contributed by atoms with Gasteiger partial charge in [-0.3, -0.25) is 9.59 Å². The fourth-order valence-electron chi connectivity index (χ4n) is 2.30. The zero-order chi connectivity index (χ0) is 19.1. The number of nitrogens with one attached hydrogen (secondary N) is 2. The number of benzene rings is 1. The highest BCUT2D eigenvalue weighted by atomic mass is 16.5. The van der Waals surface area contributed by atoms with Crippen molar-refractivity contribution in [3.05, 3.63) is 35.7 Å². The largest absolute Gasteiger partial charge is 0.494 e. The van der Waals surface area contributed by atoms with Gasteiger partial charge in [-0.1, -0.05) is 19.0 Å². The van der Waals surface area contributed by atoms with Crippen LogP contribution in [0.1, 0.15) is 30.1 Å². The van der Waals surface area contributed by atoms with Crippen LogP contribution in [0, 0.1) is 5.92 Å². The second kappa shape index (κ2) is 9.00. The zero-order valence-electron chi connectivity index (χ0n) is 15.3. The SMILES string of the molecule is COCC(=O)Nc1ccc(NC(=O)c2cc(CC(C)C)on2)cc1OC. The molecule has 0 saturated heterocycles. The summed E-state index contributed by atoms with van der Waals surface area (Å²) in [6.07, 6.45) is 0.712. The third kappa shape index (κ3) is 5.32. The van der Waals surface area contributed by atoms with Crippen LogP contribution in [0.2, 0.25) is 0 Å². The number of hydrogen-bond donors (Lipinski definition) is 2. The van der Waals surface area contributed by atoms with Crippen LogP contribution in [0.4, 0.5) is 11.4 Å². The van der Waals surface area contributed by atoms with Gasteiger partial charge in [-0.05, 0) is 18.1 Å². The summed E-state index contributed by atoms with van der Waals surface area (Å²) in [6.45, 7) is 4.05. The average molecular weight is 361 g/mol. The van der Waals surface area contributed by atoms with E-state index < -0.39 is 0 Å². The van der Waals surface area contributed by atoms with Crippen LogP contribution >= 0.6 is 0 Å². The normalized spacial score (nSPS) is 10.7. The fraction of sp³-hybridized carbons (Fsp3) is 0.389. The Morgan fingerprint density at radius 1 is 1.19 bits per heavy atom. The van der Waals surface area contributed by atoms with Crippen LogP contribution in [0.3, 0.4) is 0 Å². The molecule has 0 aliphatic carbocycles. The Bertz CT molecular complexity index is 770. The van der Waals surface area contributed by atoms with Crippen LogP contribution in [0.25, 0.3) is 0 Å². The van der Waals surface area contributed by atoms with Gasteiger partial charge in [-0.2, -0.15) is 0 Å². The lowest BCUT2D eigenvalue weighted by molar-refractivity contribution is -0.119. The Balaban J connectivity index is 2.08. The second-order valence-corrected chi connectivity index (χ2v) is 6.13. The van der Waals surface area contributed by atoms with Gasteiger partial charge >= 0.3 is 0 Å². The van der Waals surface area contributed by atoms with Crippen molar-refractivity contribution in [1.29, 1.82) is 0 Å². The van der Waals surface area contributed by atoms with E-state index in [1.165, 1.54) is 14.2 Å². The zero-order valence-corrected chi connectivity index (χ0v) is 15.3. The van der Waals surface area contributed by atoms with Crippen LogP contribution in [0.15, 0.2) is 28.8 Å². The Morgan fingerprint density at radius 2 is 1.96 bits per heavy atom. The Hall–Kier alpha value is -2.87. The fourth-order valence-corrected chi connectivity index (χ4v) is 2.30. The van der Waals surface area contributed by atoms with Crippen LogP contribution in [0.5, 0.6) is 5.75 Å². The van der Waals surface area contributed by atoms with Gasteiger partial charge in [0.2, 0.25) is 5.91 Å². The minimum atomic E-state index is -0.387. The van der Waals surface area contributed by atoms with Gasteiger partial charge in [-0.25, -0.2) is 0 Å². The van der Waals surface area contributed by atoms with Gasteiger partial charge in [0.05, 0.1) is 12.8 Å². The number of carbonyl (C=O) groups excluding carboxylic acids is 2. The number of ether oxygens (including phenoxy) is 2. The predicted molar refractivity (Wildman–Crippen MR) is 96.5 cm³/mol. The number of rotatable bonds is 8. The van der Waals surface area contributed by atoms with E-state index in [1.54, 1.807) is 24.3 Å². The summed E-state index contributed by atoms with van der Waals surface area (Å²) < 4.78 is 15.2. The molecule has 0 atom stereocenters. The first-order valence-electron chi connectivity index (χ1n) is 8.16. The molecule has 0 aliphatic heterocycles. The van der Waals surface area contributed by atoms with Crippen molar-refractivity contribution >= 4 is 23.2 Å². The molecule has 2 amide bonds. The van der Waals surface area contributed by atoms with E-state index in [2.05, 4.69) is 29.6 Å². The maximum absolute atomic E-state index is 12.3. The summed E-state index contributed by atoms with van der Waals surface area (Å²) >= 11 is 0. The molecule has 140 valence electrons. The molecular formula is C18H23N3O5. The molecular weight excluding hydrogens is 338 g/mol. The van der Waals surface area contributed by atoms with Crippen molar-refractivity contribution in [3.63, 3.8) is 0 Å². The number of carbonyl (C=O) groups is 2. The van der Waals surface area contributed by atoms with Gasteiger partial charge < -0.3 is 24.6 Å². The standard InChI is InChI=1S/C18H23N3O5/c1-11(2)7-13-9-15(21-26-13)18(23)19-12-5-6-14(16(8-12)25-4)20-17(22)10-24-3/h5-6,8-9,11H,7,10H2,1-4H3,(H,19,23)(H,20,22). The summed E-state index contributed by atoms with van der Waals surface area (Å²) in [5, 5.41) is 9.19. The van der Waals surface area contributed by atoms with Crippen molar-refractivity contribution in [2.75, 3.05) is 31.5 Å². The highest BCUT2D eigenvalue weighted by molar-refractivity contribution is 6.03. The van der Waals surface area contributed by atoms with Gasteiger partial charge in [0.1, 0.15) is 18.1 Å². The highest BCUT2D eigenvalue weighted by Gasteiger charge is 2.15. The maximum atomic E-state index is 12.3. The molecule has 2 N–H and O–H groups in total. The van der Waals surface area contributed by atoms with Crippen LogP contribution in [-0.2, 0) is 16.0 Å². The van der Waals surface area contributed by atoms with Crippen molar-refractivity contribution < 1.29 is 23.6 Å². The molecule has 0 radical (unpaired) electrons. The first-order valence-corrected chi connectivity index (χ1v) is 8.16. The molecule has 8 heteroatoms. The molecule has 2 aromatic rings. The van der Waals surface area contributed by atoms with E-state index in [4.69, 9.17) is 14.0 Å². The Morgan fingerprint density at radius 3 is 2.62 bits per heavy atom. The van der Waals surface area contributed by atoms with Crippen molar-refractivity contribution in [2.45, 2.75) is 20.3 Å². The van der Waals surface area contributed by atoms with E-state index >= 15 is 0 Å². The maximum Gasteiger partial charge on any atom is 0.277 e. The summed E-state index contributed by atoms with van der Waals surface area (Å²) in [6, 6.07) is 6.52. The van der Waals surface area contributed by atoms with Crippen molar-refractivity contribution in [2.24, 2.45) is 5.92 Å². The van der Waals surface area contributed by atoms with E-state index in [9.17, 15) is 9.59 Å². The molecule has 26 heavy (non-hydrogen) atoms. The van der Waals surface area contributed by atoms with Crippen molar-refractivity contribution in [3.8, 4) is 5.75 Å². The molecule has 0 aliphatic rings. The number of methoxy groups -OCH3 is 2. The van der Waals surface area contributed by atoms with Gasteiger partial charge in [-0.15, -0.1) is 0 Å². The highest BCUT2D eigenvalue weighted by Crippen LogP contribution is 2.28. The third-order valence-electron chi connectivity index (χ3n) is 3.41. The van der Waals surface area contributed by atoms with E-state index in [-0.39, 0.29) is 24.1 Å². The monoisotopic (exact) mass is 361 g/mol. The summed E-state index contributed by atoms with van der Waals surface area (Å²) in [5.41, 5.74) is 1.19. The van der Waals surface area contributed by atoms with Crippen molar-refractivity contribution in [1.82, 2.24) is 5.16 Å². The molecule has 0 spiro atoms. The molecule has 1 aromatic carbocycles. The molecule has 1 aromatic heterocycles. The number of hydrogen-bond acceptors (Lipinski definition) is 6. The Labute approximate surface area is 151 Å². The summed E-state index contributed by atoms with van der Waals surface area (Å²) in [5.74, 6) is 0.792. The smallest absolute Gasteiger partial charge is 0.277 e. The lowest BCUT2D eigenvalue weighted by atomic mass is 10.1. The quantitative estimate of drug-likeness (QED) is 0.749.